The van der Waals surface area contributed by atoms with Crippen molar-refractivity contribution in [2.75, 3.05) is 0 Å². The van der Waals surface area contributed by atoms with Crippen LogP contribution in [0.15, 0.2) is 29.4 Å². The molecule has 0 spiro atoms. The van der Waals surface area contributed by atoms with E-state index < -0.39 is 0 Å². The zero-order chi connectivity index (χ0) is 11.5. The van der Waals surface area contributed by atoms with Gasteiger partial charge < -0.3 is 10.1 Å². The van der Waals surface area contributed by atoms with Gasteiger partial charge in [-0.1, -0.05) is 53.2 Å². The van der Waals surface area contributed by atoms with Gasteiger partial charge in [-0.05, 0) is 6.07 Å². The third-order valence-electron chi connectivity index (χ3n) is 1.95. The fraction of sp³-hybridized carbons (Fsp3) is 0.100. The Bertz CT molecular complexity index is 482. The van der Waals surface area contributed by atoms with Crippen LogP contribution in [0.25, 0.3) is 0 Å². The van der Waals surface area contributed by atoms with Crippen molar-refractivity contribution in [1.82, 2.24) is 9.97 Å². The first-order valence-corrected chi connectivity index (χ1v) is 6.21. The van der Waals surface area contributed by atoms with Crippen LogP contribution in [-0.2, 0) is 5.75 Å². The minimum Gasteiger partial charge on any atom is -0.508 e. The number of hydrogen-bond acceptors (Lipinski definition) is 3. The van der Waals surface area contributed by atoms with Crippen molar-refractivity contribution >= 4 is 35.0 Å². The molecule has 2 aromatic rings. The normalized spacial score (nSPS) is 10.6. The number of phenols is 1. The van der Waals surface area contributed by atoms with Crippen LogP contribution in [0, 0.1) is 0 Å². The third kappa shape index (κ3) is 2.64. The average Bonchev–Trinajstić information content (AvgIpc) is 2.57. The van der Waals surface area contributed by atoms with Crippen molar-refractivity contribution in [1.29, 1.82) is 0 Å². The van der Waals surface area contributed by atoms with Gasteiger partial charge >= 0.3 is 0 Å². The molecule has 0 aliphatic heterocycles. The highest BCUT2D eigenvalue weighted by molar-refractivity contribution is 7.98. The molecular formula is C10H8Cl2N2OS. The fourth-order valence-corrected chi connectivity index (χ4v) is 2.40. The van der Waals surface area contributed by atoms with Gasteiger partial charge in [0.25, 0.3) is 0 Å². The molecule has 1 heterocycles. The average molecular weight is 275 g/mol. The van der Waals surface area contributed by atoms with Gasteiger partial charge in [0, 0.05) is 11.3 Å². The number of hydrogen-bond donors (Lipinski definition) is 2. The Morgan fingerprint density at radius 1 is 1.31 bits per heavy atom. The Morgan fingerprint density at radius 2 is 2.06 bits per heavy atom. The Morgan fingerprint density at radius 3 is 2.69 bits per heavy atom. The first kappa shape index (κ1) is 11.6. The Kier molecular flexibility index (Phi) is 3.63. The molecule has 0 fully saturated rings. The van der Waals surface area contributed by atoms with Crippen LogP contribution in [0.1, 0.15) is 5.56 Å². The molecule has 0 saturated heterocycles. The largest absolute Gasteiger partial charge is 0.508 e. The molecule has 2 N–H and O–H groups in total. The first-order valence-electron chi connectivity index (χ1n) is 4.47. The molecule has 0 radical (unpaired) electrons. The van der Waals surface area contributed by atoms with E-state index in [1.54, 1.807) is 12.1 Å². The number of para-hydroxylation sites is 1. The number of aromatic amines is 1. The highest BCUT2D eigenvalue weighted by atomic mass is 35.5. The van der Waals surface area contributed by atoms with E-state index in [0.717, 1.165) is 5.56 Å². The summed E-state index contributed by atoms with van der Waals surface area (Å²) in [5, 5.41) is 10.8. The quantitative estimate of drug-likeness (QED) is 0.839. The van der Waals surface area contributed by atoms with Crippen LogP contribution in [-0.4, -0.2) is 15.1 Å². The second-order valence-electron chi connectivity index (χ2n) is 3.06. The van der Waals surface area contributed by atoms with Crippen LogP contribution in [0.4, 0.5) is 0 Å². The topological polar surface area (TPSA) is 48.9 Å². The van der Waals surface area contributed by atoms with Gasteiger partial charge in [0.15, 0.2) is 10.3 Å². The zero-order valence-corrected chi connectivity index (χ0v) is 10.4. The van der Waals surface area contributed by atoms with E-state index in [1.807, 2.05) is 12.1 Å². The minimum atomic E-state index is 0.265. The number of aromatic hydroxyl groups is 1. The summed E-state index contributed by atoms with van der Waals surface area (Å²) in [6.45, 7) is 0. The summed E-state index contributed by atoms with van der Waals surface area (Å²) in [6, 6.07) is 7.16. The van der Waals surface area contributed by atoms with Crippen LogP contribution in [0.3, 0.4) is 0 Å². The van der Waals surface area contributed by atoms with Gasteiger partial charge in [0.2, 0.25) is 0 Å². The number of nitrogens with zero attached hydrogens (tertiary/aromatic N) is 1. The predicted octanol–water partition coefficient (Wildman–Crippen LogP) is 3.71. The van der Waals surface area contributed by atoms with Gasteiger partial charge in [-0.2, -0.15) is 0 Å². The summed E-state index contributed by atoms with van der Waals surface area (Å²) in [4.78, 5) is 6.85. The molecule has 0 amide bonds. The number of benzene rings is 1. The summed E-state index contributed by atoms with van der Waals surface area (Å²) in [7, 11) is 0. The van der Waals surface area contributed by atoms with Gasteiger partial charge in [-0.15, -0.1) is 0 Å². The van der Waals surface area contributed by atoms with Crippen molar-refractivity contribution in [3.8, 4) is 5.75 Å². The fourth-order valence-electron chi connectivity index (χ4n) is 1.16. The maximum atomic E-state index is 9.55. The highest BCUT2D eigenvalue weighted by Crippen LogP contribution is 2.28. The van der Waals surface area contributed by atoms with Crippen molar-refractivity contribution in [2.24, 2.45) is 0 Å². The summed E-state index contributed by atoms with van der Waals surface area (Å²) in [5.74, 6) is 0.881. The standard InChI is InChI=1S/C10H8Cl2N2OS/c11-8-9(12)14-10(13-8)16-5-6-3-1-2-4-7(6)15/h1-4,15H,5H2,(H,13,14). The number of H-pyrrole nitrogens is 1. The smallest absolute Gasteiger partial charge is 0.168 e. The number of imidazole rings is 1. The second-order valence-corrected chi connectivity index (χ2v) is 4.76. The van der Waals surface area contributed by atoms with Gasteiger partial charge in [-0.25, -0.2) is 4.98 Å². The van der Waals surface area contributed by atoms with E-state index in [2.05, 4.69) is 9.97 Å². The second kappa shape index (κ2) is 4.99. The molecule has 0 bridgehead atoms. The lowest BCUT2D eigenvalue weighted by Gasteiger charge is -2.01. The SMILES string of the molecule is Oc1ccccc1CSc1nc(Cl)c(Cl)[nH]1. The van der Waals surface area contributed by atoms with E-state index in [1.165, 1.54) is 11.8 Å². The van der Waals surface area contributed by atoms with E-state index in [-0.39, 0.29) is 10.9 Å². The monoisotopic (exact) mass is 274 g/mol. The summed E-state index contributed by atoms with van der Waals surface area (Å²) in [5.41, 5.74) is 0.844. The number of halogens is 2. The zero-order valence-electron chi connectivity index (χ0n) is 8.08. The summed E-state index contributed by atoms with van der Waals surface area (Å²) in [6.07, 6.45) is 0. The Balaban J connectivity index is 2.05. The number of nitrogens with one attached hydrogen (secondary N) is 1. The van der Waals surface area contributed by atoms with E-state index in [4.69, 9.17) is 23.2 Å². The van der Waals surface area contributed by atoms with Gasteiger partial charge in [0.1, 0.15) is 10.9 Å². The molecular weight excluding hydrogens is 267 g/mol. The maximum Gasteiger partial charge on any atom is 0.168 e. The summed E-state index contributed by atoms with van der Waals surface area (Å²) >= 11 is 12.9. The Hall–Kier alpha value is -0.840. The number of thioether (sulfide) groups is 1. The van der Waals surface area contributed by atoms with Crippen LogP contribution >= 0.6 is 35.0 Å². The van der Waals surface area contributed by atoms with Crippen molar-refractivity contribution in [2.45, 2.75) is 10.9 Å². The molecule has 0 aliphatic carbocycles. The Labute approximate surface area is 107 Å². The molecule has 1 aromatic carbocycles. The van der Waals surface area contributed by atoms with E-state index in [0.29, 0.717) is 16.1 Å². The minimum absolute atomic E-state index is 0.265. The van der Waals surface area contributed by atoms with Crippen LogP contribution in [0.5, 0.6) is 5.75 Å². The van der Waals surface area contributed by atoms with Gasteiger partial charge in [-0.3, -0.25) is 0 Å². The van der Waals surface area contributed by atoms with E-state index >= 15 is 0 Å². The number of phenolic OH excluding ortho intramolecular Hbond substituents is 1. The molecule has 0 aliphatic rings. The van der Waals surface area contributed by atoms with Gasteiger partial charge in [0.05, 0.1) is 0 Å². The number of aromatic nitrogens is 2. The molecule has 0 saturated carbocycles. The van der Waals surface area contributed by atoms with Crippen molar-refractivity contribution < 1.29 is 5.11 Å². The molecule has 0 unspecified atom stereocenters. The summed E-state index contributed by atoms with van der Waals surface area (Å²) < 4.78 is 0. The van der Waals surface area contributed by atoms with Crippen LogP contribution in [0.2, 0.25) is 10.3 Å². The molecule has 1 aromatic heterocycles. The third-order valence-corrected chi connectivity index (χ3v) is 3.52. The molecule has 2 rings (SSSR count). The highest BCUT2D eigenvalue weighted by Gasteiger charge is 2.07. The lowest BCUT2D eigenvalue weighted by atomic mass is 10.2. The maximum absolute atomic E-state index is 9.55. The lowest BCUT2D eigenvalue weighted by Crippen LogP contribution is -1.82. The van der Waals surface area contributed by atoms with Crippen molar-refractivity contribution in [3.63, 3.8) is 0 Å². The first-order chi connectivity index (χ1) is 7.66. The lowest BCUT2D eigenvalue weighted by molar-refractivity contribution is 0.470. The molecule has 6 heteroatoms. The number of rotatable bonds is 3. The van der Waals surface area contributed by atoms with E-state index in [9.17, 15) is 5.11 Å². The molecule has 3 nitrogen and oxygen atoms in total. The molecule has 84 valence electrons. The predicted molar refractivity (Wildman–Crippen MR) is 66.3 cm³/mol. The molecule has 0 atom stereocenters. The molecule has 16 heavy (non-hydrogen) atoms. The van der Waals surface area contributed by atoms with Crippen LogP contribution < -0.4 is 0 Å². The van der Waals surface area contributed by atoms with Crippen molar-refractivity contribution in [3.05, 3.63) is 40.1 Å².